The van der Waals surface area contributed by atoms with Crippen molar-refractivity contribution in [3.05, 3.63) is 77.3 Å². The lowest BCUT2D eigenvalue weighted by Gasteiger charge is -2.25. The van der Waals surface area contributed by atoms with E-state index in [0.717, 1.165) is 22.8 Å². The molecule has 2 atom stereocenters. The molecule has 0 spiro atoms. The number of nitrogens with one attached hydrogen (secondary N) is 1. The molecule has 2 aromatic heterocycles. The quantitative estimate of drug-likeness (QED) is 0.586. The summed E-state index contributed by atoms with van der Waals surface area (Å²) in [6.45, 7) is 0.738. The van der Waals surface area contributed by atoms with E-state index in [4.69, 9.17) is 28.2 Å². The molecule has 1 aliphatic rings. The number of hydrogen-bond donors (Lipinski definition) is 2. The van der Waals surface area contributed by atoms with E-state index in [2.05, 4.69) is 15.2 Å². The average Bonchev–Trinajstić information content (AvgIpc) is 3.32. The maximum atomic E-state index is 9.29. The van der Waals surface area contributed by atoms with Crippen LogP contribution in [-0.4, -0.2) is 33.3 Å². The Morgan fingerprint density at radius 1 is 1.14 bits per heavy atom. The second kappa shape index (κ2) is 8.31. The van der Waals surface area contributed by atoms with Gasteiger partial charge in [-0.3, -0.25) is 4.98 Å². The number of halogens is 1. The predicted octanol–water partition coefficient (Wildman–Crippen LogP) is 4.35. The minimum atomic E-state index is -0.144. The zero-order chi connectivity index (χ0) is 19.5. The molecule has 0 radical (unpaired) electrons. The van der Waals surface area contributed by atoms with Crippen molar-refractivity contribution in [2.75, 3.05) is 13.2 Å². The van der Waals surface area contributed by atoms with Gasteiger partial charge in [-0.1, -0.05) is 17.7 Å². The van der Waals surface area contributed by atoms with E-state index in [0.29, 0.717) is 23.1 Å². The van der Waals surface area contributed by atoms with E-state index in [9.17, 15) is 5.11 Å². The van der Waals surface area contributed by atoms with Crippen LogP contribution >= 0.6 is 23.8 Å². The van der Waals surface area contributed by atoms with Gasteiger partial charge < -0.3 is 19.7 Å². The summed E-state index contributed by atoms with van der Waals surface area (Å²) in [6.07, 6.45) is 2.40. The third kappa shape index (κ3) is 3.76. The minimum Gasteiger partial charge on any atom is -0.459 e. The Balaban J connectivity index is 1.70. The van der Waals surface area contributed by atoms with Gasteiger partial charge in [0.1, 0.15) is 17.6 Å². The summed E-state index contributed by atoms with van der Waals surface area (Å²) in [5.74, 6) is 1.57. The molecule has 3 aromatic rings. The highest BCUT2D eigenvalue weighted by Gasteiger charge is 2.41. The highest BCUT2D eigenvalue weighted by molar-refractivity contribution is 7.80. The highest BCUT2D eigenvalue weighted by Crippen LogP contribution is 2.40. The van der Waals surface area contributed by atoms with Gasteiger partial charge in [-0.2, -0.15) is 0 Å². The molecule has 1 fully saturated rings. The van der Waals surface area contributed by atoms with Crippen molar-refractivity contribution in [1.82, 2.24) is 15.2 Å². The molecule has 5 nitrogen and oxygen atoms in total. The molecule has 0 bridgehead atoms. The van der Waals surface area contributed by atoms with Crippen LogP contribution in [0.4, 0.5) is 0 Å². The first kappa shape index (κ1) is 18.9. The Bertz CT molecular complexity index is 946. The van der Waals surface area contributed by atoms with Crippen molar-refractivity contribution in [3.8, 4) is 11.3 Å². The number of nitrogens with zero attached hydrogens (tertiary/aromatic N) is 2. The standard InChI is InChI=1S/C21H20ClN3O2S/c22-15-7-5-14(6-8-15)17-9-10-18(27-17)20-19(16-4-1-2-11-23-16)24-21(28)25(20)12-3-13-26/h1-2,4-11,19-20,26H,3,12-13H2,(H,24,28)/t19-,20+/m1/s1. The fraction of sp³-hybridized carbons (Fsp3) is 0.238. The van der Waals surface area contributed by atoms with Crippen molar-refractivity contribution in [2.45, 2.75) is 18.5 Å². The van der Waals surface area contributed by atoms with E-state index in [-0.39, 0.29) is 18.7 Å². The molecule has 0 unspecified atom stereocenters. The molecular weight excluding hydrogens is 394 g/mol. The number of furan rings is 1. The summed E-state index contributed by atoms with van der Waals surface area (Å²) in [7, 11) is 0. The van der Waals surface area contributed by atoms with Crippen molar-refractivity contribution in [1.29, 1.82) is 0 Å². The first-order valence-electron chi connectivity index (χ1n) is 9.12. The summed E-state index contributed by atoms with van der Waals surface area (Å²) in [6, 6.07) is 17.0. The third-order valence-corrected chi connectivity index (χ3v) is 5.41. The molecular formula is C21H20ClN3O2S. The van der Waals surface area contributed by atoms with Crippen LogP contribution in [0.25, 0.3) is 11.3 Å². The molecule has 4 rings (SSSR count). The molecule has 28 heavy (non-hydrogen) atoms. The lowest BCUT2D eigenvalue weighted by Crippen LogP contribution is -2.30. The number of aliphatic hydroxyl groups excluding tert-OH is 1. The van der Waals surface area contributed by atoms with Gasteiger partial charge in [0, 0.05) is 29.9 Å². The number of aromatic nitrogens is 1. The summed E-state index contributed by atoms with van der Waals surface area (Å²) in [4.78, 5) is 6.57. The van der Waals surface area contributed by atoms with Gasteiger partial charge in [0.05, 0.1) is 11.7 Å². The van der Waals surface area contributed by atoms with Crippen LogP contribution in [0, 0.1) is 0 Å². The van der Waals surface area contributed by atoms with E-state index in [1.54, 1.807) is 6.20 Å². The van der Waals surface area contributed by atoms with E-state index < -0.39 is 0 Å². The number of benzene rings is 1. The van der Waals surface area contributed by atoms with E-state index >= 15 is 0 Å². The molecule has 0 saturated carbocycles. The maximum Gasteiger partial charge on any atom is 0.170 e. The van der Waals surface area contributed by atoms with Gasteiger partial charge in [0.2, 0.25) is 0 Å². The maximum absolute atomic E-state index is 9.29. The Hall–Kier alpha value is -2.41. The van der Waals surface area contributed by atoms with Gasteiger partial charge in [-0.25, -0.2) is 0 Å². The fourth-order valence-electron chi connectivity index (χ4n) is 3.48. The molecule has 144 valence electrons. The van der Waals surface area contributed by atoms with Crippen molar-refractivity contribution >= 4 is 28.9 Å². The minimum absolute atomic E-state index is 0.105. The summed E-state index contributed by atoms with van der Waals surface area (Å²) < 4.78 is 6.23. The van der Waals surface area contributed by atoms with Crippen LogP contribution < -0.4 is 5.32 Å². The topological polar surface area (TPSA) is 61.5 Å². The van der Waals surface area contributed by atoms with Crippen LogP contribution in [0.5, 0.6) is 0 Å². The zero-order valence-corrected chi connectivity index (χ0v) is 16.7. The molecule has 1 aliphatic heterocycles. The van der Waals surface area contributed by atoms with Crippen LogP contribution in [-0.2, 0) is 0 Å². The first-order chi connectivity index (χ1) is 13.7. The Morgan fingerprint density at radius 3 is 2.68 bits per heavy atom. The van der Waals surface area contributed by atoms with Crippen LogP contribution in [0.3, 0.4) is 0 Å². The van der Waals surface area contributed by atoms with Crippen LogP contribution in [0.2, 0.25) is 5.02 Å². The SMILES string of the molecule is OCCCN1C(=S)N[C@H](c2ccccn2)[C@@H]1c1ccc(-c2ccc(Cl)cc2)o1. The summed E-state index contributed by atoms with van der Waals surface area (Å²) in [5.41, 5.74) is 1.85. The smallest absolute Gasteiger partial charge is 0.170 e. The van der Waals surface area contributed by atoms with E-state index in [1.807, 2.05) is 54.6 Å². The van der Waals surface area contributed by atoms with Crippen molar-refractivity contribution in [3.63, 3.8) is 0 Å². The largest absolute Gasteiger partial charge is 0.459 e. The lowest BCUT2D eigenvalue weighted by atomic mass is 10.0. The first-order valence-corrected chi connectivity index (χ1v) is 9.90. The number of aliphatic hydroxyl groups is 1. The number of pyridine rings is 1. The van der Waals surface area contributed by atoms with Gasteiger partial charge in [-0.05, 0) is 67.2 Å². The van der Waals surface area contributed by atoms with Crippen LogP contribution in [0.15, 0.2) is 65.2 Å². The normalized spacial score (nSPS) is 19.1. The van der Waals surface area contributed by atoms with Gasteiger partial charge in [0.15, 0.2) is 5.11 Å². The number of rotatable bonds is 6. The second-order valence-corrected chi connectivity index (χ2v) is 7.43. The van der Waals surface area contributed by atoms with Gasteiger partial charge in [0.25, 0.3) is 0 Å². The molecule has 3 heterocycles. The van der Waals surface area contributed by atoms with Crippen molar-refractivity contribution < 1.29 is 9.52 Å². The number of hydrogen-bond acceptors (Lipinski definition) is 4. The van der Waals surface area contributed by atoms with E-state index in [1.165, 1.54) is 0 Å². The molecule has 7 heteroatoms. The second-order valence-electron chi connectivity index (χ2n) is 6.61. The number of thiocarbonyl (C=S) groups is 1. The van der Waals surface area contributed by atoms with Crippen molar-refractivity contribution in [2.24, 2.45) is 0 Å². The average molecular weight is 414 g/mol. The van der Waals surface area contributed by atoms with Gasteiger partial charge in [-0.15, -0.1) is 0 Å². The van der Waals surface area contributed by atoms with Crippen LogP contribution in [0.1, 0.15) is 30.0 Å². The van der Waals surface area contributed by atoms with Gasteiger partial charge >= 0.3 is 0 Å². The summed E-state index contributed by atoms with van der Waals surface area (Å²) >= 11 is 11.6. The summed E-state index contributed by atoms with van der Waals surface area (Å²) in [5, 5.41) is 14.0. The third-order valence-electron chi connectivity index (χ3n) is 4.80. The molecule has 0 amide bonds. The Morgan fingerprint density at radius 2 is 1.96 bits per heavy atom. The lowest BCUT2D eigenvalue weighted by molar-refractivity contribution is 0.233. The molecule has 0 aliphatic carbocycles. The molecule has 2 N–H and O–H groups in total. The predicted molar refractivity (Wildman–Crippen MR) is 113 cm³/mol. The fourth-order valence-corrected chi connectivity index (χ4v) is 3.94. The Labute approximate surface area is 174 Å². The monoisotopic (exact) mass is 413 g/mol. The molecule has 1 aromatic carbocycles. The molecule has 1 saturated heterocycles. The zero-order valence-electron chi connectivity index (χ0n) is 15.1. The highest BCUT2D eigenvalue weighted by atomic mass is 35.5. The Kier molecular flexibility index (Phi) is 5.62.